The standard InChI is InChI=1S/C12H16F2O/c13-11-5-1-3-9(11)7-15-8-10-4-2-6-12(10)14/h5-6,9-10H,1-4,7-8H2. The molecule has 0 N–H and O–H groups in total. The summed E-state index contributed by atoms with van der Waals surface area (Å²) in [6.07, 6.45) is 6.49. The molecule has 15 heavy (non-hydrogen) atoms. The van der Waals surface area contributed by atoms with Crippen molar-refractivity contribution in [2.24, 2.45) is 11.8 Å². The van der Waals surface area contributed by atoms with E-state index in [2.05, 4.69) is 0 Å². The molecule has 0 aromatic rings. The minimum atomic E-state index is -0.0848. The first-order chi connectivity index (χ1) is 7.27. The number of hydrogen-bond donors (Lipinski definition) is 0. The van der Waals surface area contributed by atoms with Crippen molar-refractivity contribution in [2.45, 2.75) is 25.7 Å². The van der Waals surface area contributed by atoms with Crippen molar-refractivity contribution in [1.82, 2.24) is 0 Å². The molecular formula is C12H16F2O. The van der Waals surface area contributed by atoms with Gasteiger partial charge in [-0.05, 0) is 25.7 Å². The summed E-state index contributed by atoms with van der Waals surface area (Å²) < 4.78 is 31.5. The Balaban J connectivity index is 1.67. The molecular weight excluding hydrogens is 198 g/mol. The molecule has 0 radical (unpaired) electrons. The second kappa shape index (κ2) is 4.88. The van der Waals surface area contributed by atoms with Crippen LogP contribution in [0.4, 0.5) is 8.78 Å². The van der Waals surface area contributed by atoms with Crippen LogP contribution < -0.4 is 0 Å². The molecule has 2 unspecified atom stereocenters. The van der Waals surface area contributed by atoms with E-state index in [1.807, 2.05) is 0 Å². The van der Waals surface area contributed by atoms with Crippen molar-refractivity contribution in [2.75, 3.05) is 13.2 Å². The Hall–Kier alpha value is -0.700. The first-order valence-corrected chi connectivity index (χ1v) is 5.56. The van der Waals surface area contributed by atoms with Crippen LogP contribution >= 0.6 is 0 Å². The predicted octanol–water partition coefficient (Wildman–Crippen LogP) is 3.53. The fourth-order valence-electron chi connectivity index (χ4n) is 2.13. The maximum atomic E-state index is 13.1. The molecule has 0 aliphatic heterocycles. The highest BCUT2D eigenvalue weighted by Crippen LogP contribution is 2.29. The highest BCUT2D eigenvalue weighted by molar-refractivity contribution is 5.05. The van der Waals surface area contributed by atoms with Gasteiger partial charge in [-0.1, -0.05) is 12.2 Å². The minimum Gasteiger partial charge on any atom is -0.380 e. The summed E-state index contributed by atoms with van der Waals surface area (Å²) in [5.74, 6) is -0.285. The van der Waals surface area contributed by atoms with E-state index in [1.165, 1.54) is 0 Å². The molecule has 0 amide bonds. The van der Waals surface area contributed by atoms with Gasteiger partial charge in [0, 0.05) is 11.8 Å². The molecule has 0 spiro atoms. The van der Waals surface area contributed by atoms with Crippen molar-refractivity contribution in [3.8, 4) is 0 Å². The summed E-state index contributed by atoms with van der Waals surface area (Å²) in [5, 5.41) is 0. The Bertz CT molecular complexity index is 255. The molecule has 2 aliphatic carbocycles. The molecule has 2 rings (SSSR count). The van der Waals surface area contributed by atoms with E-state index in [0.29, 0.717) is 13.2 Å². The van der Waals surface area contributed by atoms with Crippen LogP contribution in [0.3, 0.4) is 0 Å². The first kappa shape index (κ1) is 10.8. The van der Waals surface area contributed by atoms with E-state index < -0.39 is 0 Å². The van der Waals surface area contributed by atoms with Gasteiger partial charge in [0.15, 0.2) is 0 Å². The molecule has 0 saturated carbocycles. The zero-order chi connectivity index (χ0) is 10.7. The Morgan fingerprint density at radius 3 is 1.80 bits per heavy atom. The highest BCUT2D eigenvalue weighted by Gasteiger charge is 2.22. The number of halogens is 2. The van der Waals surface area contributed by atoms with Crippen LogP contribution in [0.25, 0.3) is 0 Å². The summed E-state index contributed by atoms with van der Waals surface area (Å²) in [6.45, 7) is 0.790. The van der Waals surface area contributed by atoms with Gasteiger partial charge in [-0.15, -0.1) is 0 Å². The smallest absolute Gasteiger partial charge is 0.101 e. The van der Waals surface area contributed by atoms with Gasteiger partial charge in [0.05, 0.1) is 13.2 Å². The molecule has 0 bridgehead atoms. The van der Waals surface area contributed by atoms with Crippen molar-refractivity contribution in [3.63, 3.8) is 0 Å². The Morgan fingerprint density at radius 2 is 1.47 bits per heavy atom. The van der Waals surface area contributed by atoms with Crippen molar-refractivity contribution < 1.29 is 13.5 Å². The lowest BCUT2D eigenvalue weighted by Crippen LogP contribution is -2.13. The van der Waals surface area contributed by atoms with E-state index in [9.17, 15) is 8.78 Å². The summed E-state index contributed by atoms with van der Waals surface area (Å²) in [4.78, 5) is 0. The van der Waals surface area contributed by atoms with E-state index in [-0.39, 0.29) is 23.5 Å². The van der Waals surface area contributed by atoms with Crippen LogP contribution in [0.15, 0.2) is 23.8 Å². The van der Waals surface area contributed by atoms with Crippen molar-refractivity contribution in [1.29, 1.82) is 0 Å². The zero-order valence-electron chi connectivity index (χ0n) is 8.72. The monoisotopic (exact) mass is 214 g/mol. The molecule has 84 valence electrons. The van der Waals surface area contributed by atoms with E-state index >= 15 is 0 Å². The summed E-state index contributed by atoms with van der Waals surface area (Å²) >= 11 is 0. The SMILES string of the molecule is FC1=CCCC1COCC1CCC=C1F. The third-order valence-electron chi connectivity index (χ3n) is 3.13. The maximum absolute atomic E-state index is 13.1. The second-order valence-electron chi connectivity index (χ2n) is 4.26. The van der Waals surface area contributed by atoms with Crippen molar-refractivity contribution in [3.05, 3.63) is 23.8 Å². The third-order valence-corrected chi connectivity index (χ3v) is 3.13. The minimum absolute atomic E-state index is 0.0579. The van der Waals surface area contributed by atoms with Crippen LogP contribution in [0, 0.1) is 11.8 Å². The average Bonchev–Trinajstić information content (AvgIpc) is 2.78. The summed E-state index contributed by atoms with van der Waals surface area (Å²) in [5.41, 5.74) is 0. The largest absolute Gasteiger partial charge is 0.380 e. The predicted molar refractivity (Wildman–Crippen MR) is 54.6 cm³/mol. The molecule has 0 aromatic heterocycles. The van der Waals surface area contributed by atoms with Crippen LogP contribution in [0.2, 0.25) is 0 Å². The molecule has 1 nitrogen and oxygen atoms in total. The molecule has 0 saturated heterocycles. The van der Waals surface area contributed by atoms with Gasteiger partial charge < -0.3 is 4.74 Å². The normalized spacial score (nSPS) is 30.5. The van der Waals surface area contributed by atoms with Gasteiger partial charge in [0.2, 0.25) is 0 Å². The molecule has 2 atom stereocenters. The van der Waals surface area contributed by atoms with Gasteiger partial charge in [-0.3, -0.25) is 0 Å². The quantitative estimate of drug-likeness (QED) is 0.695. The lowest BCUT2D eigenvalue weighted by Gasteiger charge is -2.13. The number of rotatable bonds is 4. The Morgan fingerprint density at radius 1 is 1.00 bits per heavy atom. The van der Waals surface area contributed by atoms with E-state index in [1.54, 1.807) is 12.2 Å². The summed E-state index contributed by atoms with van der Waals surface area (Å²) in [6, 6.07) is 0. The maximum Gasteiger partial charge on any atom is 0.101 e. The first-order valence-electron chi connectivity index (χ1n) is 5.56. The lowest BCUT2D eigenvalue weighted by molar-refractivity contribution is 0.0786. The van der Waals surface area contributed by atoms with Gasteiger partial charge in [0.25, 0.3) is 0 Å². The van der Waals surface area contributed by atoms with E-state index in [0.717, 1.165) is 25.7 Å². The highest BCUT2D eigenvalue weighted by atomic mass is 19.1. The Labute approximate surface area is 88.8 Å². The van der Waals surface area contributed by atoms with Crippen LogP contribution in [0.5, 0.6) is 0 Å². The summed E-state index contributed by atoms with van der Waals surface area (Å²) in [7, 11) is 0. The molecule has 0 aromatic carbocycles. The fraction of sp³-hybridized carbons (Fsp3) is 0.667. The van der Waals surface area contributed by atoms with Gasteiger partial charge in [0.1, 0.15) is 11.7 Å². The van der Waals surface area contributed by atoms with Crippen LogP contribution in [-0.2, 0) is 4.74 Å². The zero-order valence-corrected chi connectivity index (χ0v) is 8.72. The number of ether oxygens (including phenoxy) is 1. The van der Waals surface area contributed by atoms with Crippen molar-refractivity contribution >= 4 is 0 Å². The van der Waals surface area contributed by atoms with Crippen LogP contribution in [0.1, 0.15) is 25.7 Å². The van der Waals surface area contributed by atoms with E-state index in [4.69, 9.17) is 4.74 Å². The van der Waals surface area contributed by atoms with Crippen LogP contribution in [-0.4, -0.2) is 13.2 Å². The van der Waals surface area contributed by atoms with Gasteiger partial charge >= 0.3 is 0 Å². The lowest BCUT2D eigenvalue weighted by atomic mass is 10.1. The molecule has 3 heteroatoms. The fourth-order valence-corrected chi connectivity index (χ4v) is 2.13. The number of allylic oxidation sites excluding steroid dienone is 2. The topological polar surface area (TPSA) is 9.23 Å². The molecule has 0 heterocycles. The van der Waals surface area contributed by atoms with Gasteiger partial charge in [-0.2, -0.15) is 0 Å². The Kier molecular flexibility index (Phi) is 3.52. The van der Waals surface area contributed by atoms with Gasteiger partial charge in [-0.25, -0.2) is 8.78 Å². The third kappa shape index (κ3) is 2.65. The molecule has 2 aliphatic rings. The number of hydrogen-bond acceptors (Lipinski definition) is 1. The average molecular weight is 214 g/mol. The molecule has 0 fully saturated rings. The second-order valence-corrected chi connectivity index (χ2v) is 4.26.